The van der Waals surface area contributed by atoms with E-state index in [1.54, 1.807) is 0 Å². The van der Waals surface area contributed by atoms with E-state index < -0.39 is 0 Å². The second-order valence-corrected chi connectivity index (χ2v) is 20.6. The van der Waals surface area contributed by atoms with Gasteiger partial charge in [-0.15, -0.1) is 0 Å². The molecule has 0 fully saturated rings. The molecule has 0 saturated carbocycles. The molecule has 0 aliphatic rings. The van der Waals surface area contributed by atoms with Crippen LogP contribution in [0.15, 0.2) is 315 Å². The smallest absolute Gasteiger partial charge is 0.235 e. The number of para-hydroxylation sites is 6. The minimum absolute atomic E-state index is 0.585. The fourth-order valence-corrected chi connectivity index (χ4v) is 11.9. The molecule has 3 heterocycles. The van der Waals surface area contributed by atoms with E-state index in [4.69, 9.17) is 9.97 Å². The van der Waals surface area contributed by atoms with E-state index in [9.17, 15) is 0 Å². The maximum atomic E-state index is 5.61. The van der Waals surface area contributed by atoms with Crippen LogP contribution in [0.5, 0.6) is 0 Å². The first-order chi connectivity index (χ1) is 40.7. The predicted octanol–water partition coefficient (Wildman–Crippen LogP) is 20.3. The average Bonchev–Trinajstić information content (AvgIpc) is 4.13. The number of aromatic nitrogens is 4. The van der Waals surface area contributed by atoms with Crippen LogP contribution in [-0.2, 0) is 0 Å². The quantitative estimate of drug-likeness (QED) is 0.122. The van der Waals surface area contributed by atoms with E-state index in [-0.39, 0.29) is 0 Å². The molecule has 3 aromatic heterocycles. The minimum atomic E-state index is 0.585. The maximum absolute atomic E-state index is 5.61. The van der Waals surface area contributed by atoms with Crippen molar-refractivity contribution < 1.29 is 0 Å². The lowest BCUT2D eigenvalue weighted by atomic mass is 9.97. The van der Waals surface area contributed by atoms with Crippen molar-refractivity contribution in [2.75, 3.05) is 9.80 Å². The molecule has 0 atom stereocenters. The Morgan fingerprint density at radius 1 is 0.220 bits per heavy atom. The van der Waals surface area contributed by atoms with Crippen LogP contribution in [0.1, 0.15) is 0 Å². The molecular formula is C76H52N6. The van der Waals surface area contributed by atoms with E-state index in [1.165, 1.54) is 21.9 Å². The van der Waals surface area contributed by atoms with Crippen LogP contribution >= 0.6 is 0 Å². The summed E-state index contributed by atoms with van der Waals surface area (Å²) in [5, 5.41) is 4.56. The third-order valence-corrected chi connectivity index (χ3v) is 15.7. The van der Waals surface area contributed by atoms with Gasteiger partial charge in [0.1, 0.15) is 0 Å². The summed E-state index contributed by atoms with van der Waals surface area (Å²) in [7, 11) is 0. The van der Waals surface area contributed by atoms with Crippen LogP contribution in [0.25, 0.3) is 100 Å². The molecule has 0 aliphatic heterocycles. The highest BCUT2D eigenvalue weighted by Gasteiger charge is 2.22. The number of nitrogens with zero attached hydrogens (tertiary/aromatic N) is 6. The topological polar surface area (TPSA) is 42.1 Å². The summed E-state index contributed by atoms with van der Waals surface area (Å²) in [6.07, 6.45) is 0. The van der Waals surface area contributed by atoms with Gasteiger partial charge in [-0.3, -0.25) is 4.57 Å². The van der Waals surface area contributed by atoms with Gasteiger partial charge in [-0.1, -0.05) is 188 Å². The van der Waals surface area contributed by atoms with Gasteiger partial charge in [0.05, 0.1) is 33.5 Å². The van der Waals surface area contributed by atoms with Crippen molar-refractivity contribution in [2.24, 2.45) is 0 Å². The summed E-state index contributed by atoms with van der Waals surface area (Å²) in [5.74, 6) is 0.585. The van der Waals surface area contributed by atoms with E-state index in [1.807, 2.05) is 0 Å². The summed E-state index contributed by atoms with van der Waals surface area (Å²) < 4.78 is 4.63. The highest BCUT2D eigenvalue weighted by atomic mass is 15.2. The average molecular weight is 1050 g/mol. The molecule has 6 nitrogen and oxygen atoms in total. The normalized spacial score (nSPS) is 11.4. The summed E-state index contributed by atoms with van der Waals surface area (Å²) in [4.78, 5) is 15.8. The van der Waals surface area contributed by atoms with Gasteiger partial charge in [-0.2, -0.15) is 0 Å². The Labute approximate surface area is 476 Å². The number of hydrogen-bond donors (Lipinski definition) is 0. The molecule has 15 rings (SSSR count). The van der Waals surface area contributed by atoms with Gasteiger partial charge >= 0.3 is 0 Å². The standard InChI is InChI=1S/C76H52N6/c1-6-23-53(24-7-1)54-25-20-26-55(47-54)56-27-21-28-57(48-56)70-52-71(78-76(77-70)82-73-42-19-17-40-67(73)69-51-65(44-46-75(69)82)80(61-34-12-4-13-35-61)62-36-14-5-15-37-62)58-29-22-38-63(49-58)81-72-41-18-16-39-66(72)68-50-64(43-45-74(68)81)79(59-30-8-2-9-31-59)60-32-10-3-11-33-60/h1-52H. The Morgan fingerprint density at radius 2 is 0.573 bits per heavy atom. The molecule has 0 aliphatic carbocycles. The van der Waals surface area contributed by atoms with Crippen LogP contribution in [-0.4, -0.2) is 19.1 Å². The molecular weight excluding hydrogens is 997 g/mol. The van der Waals surface area contributed by atoms with E-state index >= 15 is 0 Å². The van der Waals surface area contributed by atoms with Crippen LogP contribution < -0.4 is 9.80 Å². The first-order valence-corrected chi connectivity index (χ1v) is 27.8. The van der Waals surface area contributed by atoms with E-state index in [0.29, 0.717) is 5.95 Å². The molecule has 82 heavy (non-hydrogen) atoms. The second kappa shape index (κ2) is 20.6. The van der Waals surface area contributed by atoms with Gasteiger partial charge in [0.25, 0.3) is 0 Å². The summed E-state index contributed by atoms with van der Waals surface area (Å²) in [5.41, 5.74) is 20.0. The summed E-state index contributed by atoms with van der Waals surface area (Å²) in [6.45, 7) is 0. The largest absolute Gasteiger partial charge is 0.310 e. The number of rotatable bonds is 12. The Balaban J connectivity index is 0.904. The lowest BCUT2D eigenvalue weighted by molar-refractivity contribution is 0.995. The Bertz CT molecular complexity index is 4720. The van der Waals surface area contributed by atoms with Gasteiger partial charge < -0.3 is 14.4 Å². The highest BCUT2D eigenvalue weighted by molar-refractivity contribution is 6.12. The lowest BCUT2D eigenvalue weighted by Gasteiger charge is -2.25. The van der Waals surface area contributed by atoms with Crippen molar-refractivity contribution >= 4 is 77.7 Å². The van der Waals surface area contributed by atoms with Crippen LogP contribution in [0.4, 0.5) is 34.1 Å². The SMILES string of the molecule is c1ccc(-c2cccc(-c3cccc(-c4cc(-c5cccc(-n6c7ccccc7c7cc(N(c8ccccc8)c8ccccc8)ccc76)c5)nc(-n5c6ccccc6c6cc(N(c7ccccc7)c7ccccc7)ccc65)n4)c3)c2)cc1. The van der Waals surface area contributed by atoms with Gasteiger partial charge in [0.2, 0.25) is 5.95 Å². The molecule has 6 heteroatoms. The molecule has 15 aromatic rings. The van der Waals surface area contributed by atoms with Crippen molar-refractivity contribution in [3.05, 3.63) is 315 Å². The Hall–Kier alpha value is -11.1. The van der Waals surface area contributed by atoms with Gasteiger partial charge in [-0.25, -0.2) is 9.97 Å². The second-order valence-electron chi connectivity index (χ2n) is 20.6. The third kappa shape index (κ3) is 8.72. The molecule has 0 bridgehead atoms. The first-order valence-electron chi connectivity index (χ1n) is 27.8. The van der Waals surface area contributed by atoms with Crippen LogP contribution in [0.3, 0.4) is 0 Å². The zero-order valence-electron chi connectivity index (χ0n) is 44.7. The van der Waals surface area contributed by atoms with Crippen molar-refractivity contribution in [1.29, 1.82) is 0 Å². The Kier molecular flexibility index (Phi) is 12.1. The zero-order valence-corrected chi connectivity index (χ0v) is 44.7. The van der Waals surface area contributed by atoms with Gasteiger partial charge in [-0.05, 0) is 150 Å². The molecule has 0 unspecified atom stereocenters. The molecule has 0 radical (unpaired) electrons. The van der Waals surface area contributed by atoms with Gasteiger partial charge in [0.15, 0.2) is 0 Å². The number of anilines is 6. The maximum Gasteiger partial charge on any atom is 0.235 e. The monoisotopic (exact) mass is 1050 g/mol. The molecule has 0 spiro atoms. The predicted molar refractivity (Wildman–Crippen MR) is 342 cm³/mol. The molecule has 0 amide bonds. The van der Waals surface area contributed by atoms with Crippen molar-refractivity contribution in [1.82, 2.24) is 19.1 Å². The van der Waals surface area contributed by atoms with Crippen molar-refractivity contribution in [3.8, 4) is 56.4 Å². The number of hydrogen-bond acceptors (Lipinski definition) is 4. The van der Waals surface area contributed by atoms with E-state index in [0.717, 1.165) is 106 Å². The minimum Gasteiger partial charge on any atom is -0.310 e. The van der Waals surface area contributed by atoms with Gasteiger partial charge in [0, 0.05) is 72.5 Å². The Morgan fingerprint density at radius 3 is 1.07 bits per heavy atom. The first kappa shape index (κ1) is 48.1. The number of benzene rings is 12. The number of fused-ring (bicyclic) bond motifs is 6. The third-order valence-electron chi connectivity index (χ3n) is 15.7. The van der Waals surface area contributed by atoms with Crippen LogP contribution in [0, 0.1) is 0 Å². The lowest BCUT2D eigenvalue weighted by Crippen LogP contribution is -2.09. The zero-order chi connectivity index (χ0) is 54.3. The summed E-state index contributed by atoms with van der Waals surface area (Å²) >= 11 is 0. The van der Waals surface area contributed by atoms with E-state index in [2.05, 4.69) is 334 Å². The molecule has 386 valence electrons. The van der Waals surface area contributed by atoms with Crippen molar-refractivity contribution in [2.45, 2.75) is 0 Å². The van der Waals surface area contributed by atoms with Crippen LogP contribution in [0.2, 0.25) is 0 Å². The molecule has 0 saturated heterocycles. The highest BCUT2D eigenvalue weighted by Crippen LogP contribution is 2.43. The fraction of sp³-hybridized carbons (Fsp3) is 0. The molecule has 12 aromatic carbocycles. The summed E-state index contributed by atoms with van der Waals surface area (Å²) in [6, 6.07) is 112. The fourth-order valence-electron chi connectivity index (χ4n) is 11.9. The van der Waals surface area contributed by atoms with Crippen molar-refractivity contribution in [3.63, 3.8) is 0 Å². The molecule has 0 N–H and O–H groups in total.